The van der Waals surface area contributed by atoms with E-state index in [-0.39, 0.29) is 5.91 Å². The van der Waals surface area contributed by atoms with Crippen molar-refractivity contribution in [2.24, 2.45) is 9.98 Å². The van der Waals surface area contributed by atoms with Crippen molar-refractivity contribution < 1.29 is 4.79 Å². The summed E-state index contributed by atoms with van der Waals surface area (Å²) in [4.78, 5) is 19.2. The van der Waals surface area contributed by atoms with E-state index in [9.17, 15) is 4.79 Å². The Morgan fingerprint density at radius 3 is 2.85 bits per heavy atom. The van der Waals surface area contributed by atoms with Gasteiger partial charge in [0.1, 0.15) is 5.71 Å². The molecule has 2 rings (SSSR count). The van der Waals surface area contributed by atoms with Crippen molar-refractivity contribution in [1.82, 2.24) is 0 Å². The zero-order chi connectivity index (χ0) is 9.42. The van der Waals surface area contributed by atoms with Crippen molar-refractivity contribution in [2.45, 2.75) is 6.92 Å². The van der Waals surface area contributed by atoms with Crippen LogP contribution in [0.25, 0.3) is 6.58 Å². The van der Waals surface area contributed by atoms with Crippen LogP contribution in [0.1, 0.15) is 6.92 Å². The molecular formula is C10H8N2O. The van der Waals surface area contributed by atoms with Gasteiger partial charge in [-0.2, -0.15) is 0 Å². The molecule has 0 aliphatic carbocycles. The first kappa shape index (κ1) is 7.86. The lowest BCUT2D eigenvalue weighted by Gasteiger charge is -2.03. The quantitative estimate of drug-likeness (QED) is 0.556. The van der Waals surface area contributed by atoms with Crippen LogP contribution in [0.3, 0.4) is 0 Å². The maximum absolute atomic E-state index is 11.2. The number of carbonyl (C=O) groups is 1. The predicted molar refractivity (Wildman–Crippen MR) is 50.5 cm³/mol. The van der Waals surface area contributed by atoms with Gasteiger partial charge in [-0.25, -0.2) is 9.98 Å². The fraction of sp³-hybridized carbons (Fsp3) is 0.100. The Balaban J connectivity index is 2.88. The van der Waals surface area contributed by atoms with Gasteiger partial charge in [-0.3, -0.25) is 4.79 Å². The molecule has 1 aromatic rings. The molecule has 0 unspecified atom stereocenters. The first-order valence-corrected chi connectivity index (χ1v) is 3.95. The predicted octanol–water partition coefficient (Wildman–Crippen LogP) is 0.349. The van der Waals surface area contributed by atoms with E-state index < -0.39 is 0 Å². The molecule has 0 aromatic heterocycles. The van der Waals surface area contributed by atoms with Crippen molar-refractivity contribution in [2.75, 3.05) is 0 Å². The Morgan fingerprint density at radius 1 is 1.31 bits per heavy atom. The zero-order valence-corrected chi connectivity index (χ0v) is 7.24. The van der Waals surface area contributed by atoms with E-state index in [0.29, 0.717) is 11.1 Å². The first-order chi connectivity index (χ1) is 6.18. The third-order valence-corrected chi connectivity index (χ3v) is 1.91. The van der Waals surface area contributed by atoms with Crippen LogP contribution in [0, 0.1) is 0 Å². The number of nitrogens with zero attached hydrogens (tertiary/aromatic N) is 2. The smallest absolute Gasteiger partial charge is 0.265 e. The molecule has 0 fully saturated rings. The van der Waals surface area contributed by atoms with Crippen molar-refractivity contribution >= 4 is 23.9 Å². The molecule has 1 heterocycles. The summed E-state index contributed by atoms with van der Waals surface area (Å²) in [6, 6.07) is 5.48. The third-order valence-electron chi connectivity index (χ3n) is 1.91. The van der Waals surface area contributed by atoms with Gasteiger partial charge in [0, 0.05) is 0 Å². The fourth-order valence-corrected chi connectivity index (χ4v) is 1.21. The Bertz CT molecular complexity index is 514. The minimum Gasteiger partial charge on any atom is -0.265 e. The Hall–Kier alpha value is -1.77. The van der Waals surface area contributed by atoms with Crippen molar-refractivity contribution in [3.8, 4) is 0 Å². The molecular weight excluding hydrogens is 164 g/mol. The second kappa shape index (κ2) is 2.62. The lowest BCUT2D eigenvalue weighted by molar-refractivity contribution is -0.112. The van der Waals surface area contributed by atoms with E-state index in [1.165, 1.54) is 0 Å². The van der Waals surface area contributed by atoms with Gasteiger partial charge in [0.15, 0.2) is 0 Å². The normalized spacial score (nSPS) is 14.5. The van der Waals surface area contributed by atoms with Gasteiger partial charge in [-0.05, 0) is 18.2 Å². The van der Waals surface area contributed by atoms with Crippen LogP contribution in [-0.4, -0.2) is 11.6 Å². The third kappa shape index (κ3) is 1.18. The molecule has 3 nitrogen and oxygen atoms in total. The minimum atomic E-state index is -0.274. The standard InChI is InChI=1S/C10H8N2O/c1-6-4-3-5-8-9(6)12-10(13)7(2)11-8/h3-5H,1H2,2H3. The van der Waals surface area contributed by atoms with Crippen LogP contribution in [0.4, 0.5) is 5.69 Å². The minimum absolute atomic E-state index is 0.274. The molecule has 0 spiro atoms. The molecule has 3 heteroatoms. The van der Waals surface area contributed by atoms with E-state index in [2.05, 4.69) is 16.6 Å². The number of fused-ring (bicyclic) bond motifs is 1. The molecule has 1 aliphatic heterocycles. The van der Waals surface area contributed by atoms with Crippen molar-refractivity contribution in [1.29, 1.82) is 0 Å². The van der Waals surface area contributed by atoms with Crippen LogP contribution in [0.15, 0.2) is 28.2 Å². The summed E-state index contributed by atoms with van der Waals surface area (Å²) < 4.78 is 0. The van der Waals surface area contributed by atoms with Gasteiger partial charge >= 0.3 is 0 Å². The summed E-state index contributed by atoms with van der Waals surface area (Å²) in [7, 11) is 0. The number of hydrogen-bond donors (Lipinski definition) is 0. The summed E-state index contributed by atoms with van der Waals surface area (Å²) in [5.41, 5.74) is 1.16. The van der Waals surface area contributed by atoms with Gasteiger partial charge in [0.25, 0.3) is 5.91 Å². The molecule has 0 atom stereocenters. The highest BCUT2D eigenvalue weighted by atomic mass is 16.1. The molecule has 1 amide bonds. The second-order valence-electron chi connectivity index (χ2n) is 2.90. The SMILES string of the molecule is C=c1cccc2c1=NC(=O)C(C)=N2. The van der Waals surface area contributed by atoms with Crippen LogP contribution in [-0.2, 0) is 4.79 Å². The Labute approximate surface area is 75.1 Å². The average Bonchev–Trinajstić information content (AvgIpc) is 2.09. The topological polar surface area (TPSA) is 41.8 Å². The van der Waals surface area contributed by atoms with Crippen molar-refractivity contribution in [3.05, 3.63) is 28.8 Å². The van der Waals surface area contributed by atoms with E-state index >= 15 is 0 Å². The van der Waals surface area contributed by atoms with Gasteiger partial charge in [-0.1, -0.05) is 18.7 Å². The lowest BCUT2D eigenvalue weighted by Crippen LogP contribution is -2.29. The summed E-state index contributed by atoms with van der Waals surface area (Å²) in [5.74, 6) is -0.274. The molecule has 0 saturated heterocycles. The highest BCUT2D eigenvalue weighted by molar-refractivity contribution is 6.39. The number of amides is 1. The zero-order valence-electron chi connectivity index (χ0n) is 7.24. The van der Waals surface area contributed by atoms with Crippen LogP contribution < -0.4 is 10.6 Å². The summed E-state index contributed by atoms with van der Waals surface area (Å²) >= 11 is 0. The molecule has 1 aliphatic rings. The largest absolute Gasteiger partial charge is 0.291 e. The maximum Gasteiger partial charge on any atom is 0.291 e. The van der Waals surface area contributed by atoms with E-state index in [1.54, 1.807) is 6.92 Å². The summed E-state index contributed by atoms with van der Waals surface area (Å²) in [6.07, 6.45) is 0. The number of para-hydroxylation sites is 1. The van der Waals surface area contributed by atoms with Gasteiger partial charge in [0.05, 0.1) is 11.0 Å². The molecule has 0 radical (unpaired) electrons. The number of hydrogen-bond acceptors (Lipinski definition) is 2. The fourth-order valence-electron chi connectivity index (χ4n) is 1.21. The highest BCUT2D eigenvalue weighted by Gasteiger charge is 2.10. The highest BCUT2D eigenvalue weighted by Crippen LogP contribution is 2.06. The lowest BCUT2D eigenvalue weighted by atomic mass is 10.2. The molecule has 0 bridgehead atoms. The van der Waals surface area contributed by atoms with E-state index in [4.69, 9.17) is 0 Å². The van der Waals surface area contributed by atoms with E-state index in [0.717, 1.165) is 10.9 Å². The van der Waals surface area contributed by atoms with Crippen LogP contribution in [0.5, 0.6) is 0 Å². The molecule has 64 valence electrons. The Morgan fingerprint density at radius 2 is 2.08 bits per heavy atom. The van der Waals surface area contributed by atoms with E-state index in [1.807, 2.05) is 18.2 Å². The van der Waals surface area contributed by atoms with Gasteiger partial charge in [-0.15, -0.1) is 0 Å². The molecule has 13 heavy (non-hydrogen) atoms. The monoisotopic (exact) mass is 172 g/mol. The molecule has 0 N–H and O–H groups in total. The summed E-state index contributed by atoms with van der Waals surface area (Å²) in [6.45, 7) is 5.44. The Kier molecular flexibility index (Phi) is 1.59. The number of aliphatic imine (C=N–C) groups is 1. The average molecular weight is 172 g/mol. The van der Waals surface area contributed by atoms with Gasteiger partial charge in [0.2, 0.25) is 0 Å². The number of carbonyl (C=O) groups excluding carboxylic acids is 1. The summed E-state index contributed by atoms with van der Waals surface area (Å²) in [5, 5.41) is 1.33. The van der Waals surface area contributed by atoms with Crippen LogP contribution in [0.2, 0.25) is 0 Å². The second-order valence-corrected chi connectivity index (χ2v) is 2.90. The number of benzene rings is 1. The van der Waals surface area contributed by atoms with Crippen molar-refractivity contribution in [3.63, 3.8) is 0 Å². The van der Waals surface area contributed by atoms with Gasteiger partial charge < -0.3 is 0 Å². The maximum atomic E-state index is 11.2. The van der Waals surface area contributed by atoms with Crippen LogP contribution >= 0.6 is 0 Å². The first-order valence-electron chi connectivity index (χ1n) is 3.95. The molecule has 0 saturated carbocycles. The molecule has 1 aromatic carbocycles. The number of rotatable bonds is 0.